The highest BCUT2D eigenvalue weighted by molar-refractivity contribution is 6.34. The van der Waals surface area contributed by atoms with E-state index in [-0.39, 0.29) is 10.6 Å². The zero-order chi connectivity index (χ0) is 17.8. The molecule has 0 unspecified atom stereocenters. The maximum atomic E-state index is 12.1. The SMILES string of the molecule is C[C@H](NC(=O)c1cc(NC(=O)NC(C)(C)C)ccc1Cl)C(=O)O. The predicted molar refractivity (Wildman–Crippen MR) is 87.9 cm³/mol. The normalized spacial score (nSPS) is 12.2. The van der Waals surface area contributed by atoms with Gasteiger partial charge in [0.1, 0.15) is 6.04 Å². The van der Waals surface area contributed by atoms with Crippen LogP contribution in [0.25, 0.3) is 0 Å². The summed E-state index contributed by atoms with van der Waals surface area (Å²) >= 11 is 5.96. The van der Waals surface area contributed by atoms with Gasteiger partial charge in [0.15, 0.2) is 0 Å². The van der Waals surface area contributed by atoms with E-state index in [2.05, 4.69) is 16.0 Å². The van der Waals surface area contributed by atoms with E-state index in [9.17, 15) is 14.4 Å². The molecule has 0 saturated carbocycles. The number of carboxylic acid groups (broad SMARTS) is 1. The Morgan fingerprint density at radius 1 is 1.22 bits per heavy atom. The van der Waals surface area contributed by atoms with Crippen molar-refractivity contribution in [2.24, 2.45) is 0 Å². The van der Waals surface area contributed by atoms with Crippen molar-refractivity contribution < 1.29 is 19.5 Å². The minimum Gasteiger partial charge on any atom is -0.480 e. The molecular weight excluding hydrogens is 322 g/mol. The van der Waals surface area contributed by atoms with Gasteiger partial charge in [-0.15, -0.1) is 0 Å². The number of aliphatic carboxylic acids is 1. The topological polar surface area (TPSA) is 108 Å². The summed E-state index contributed by atoms with van der Waals surface area (Å²) in [6.07, 6.45) is 0. The molecule has 0 aromatic heterocycles. The monoisotopic (exact) mass is 341 g/mol. The van der Waals surface area contributed by atoms with Crippen molar-refractivity contribution in [3.05, 3.63) is 28.8 Å². The Kier molecular flexibility index (Phi) is 5.98. The average Bonchev–Trinajstić information content (AvgIpc) is 2.38. The van der Waals surface area contributed by atoms with Crippen molar-refractivity contribution in [3.63, 3.8) is 0 Å². The molecule has 0 heterocycles. The van der Waals surface area contributed by atoms with Crippen molar-refractivity contribution in [2.45, 2.75) is 39.3 Å². The summed E-state index contributed by atoms with van der Waals surface area (Å²) in [6, 6.07) is 2.90. The molecule has 8 heteroatoms. The van der Waals surface area contributed by atoms with Gasteiger partial charge in [0.25, 0.3) is 5.91 Å². The zero-order valence-corrected chi connectivity index (χ0v) is 14.1. The summed E-state index contributed by atoms with van der Waals surface area (Å²) in [7, 11) is 0. The Morgan fingerprint density at radius 3 is 2.35 bits per heavy atom. The summed E-state index contributed by atoms with van der Waals surface area (Å²) in [5.74, 6) is -1.79. The molecule has 0 saturated heterocycles. The highest BCUT2D eigenvalue weighted by Gasteiger charge is 2.19. The number of urea groups is 1. The van der Waals surface area contributed by atoms with Crippen LogP contribution in [-0.2, 0) is 4.79 Å². The zero-order valence-electron chi connectivity index (χ0n) is 13.4. The standard InChI is InChI=1S/C15H20ClN3O4/c1-8(13(21)22)17-12(20)10-7-9(5-6-11(10)16)18-14(23)19-15(2,3)4/h5-8H,1-4H3,(H,17,20)(H,21,22)(H2,18,19,23)/t8-/m0/s1. The van der Waals surface area contributed by atoms with E-state index in [1.54, 1.807) is 6.07 Å². The van der Waals surface area contributed by atoms with Crippen LogP contribution in [0, 0.1) is 0 Å². The van der Waals surface area contributed by atoms with Gasteiger partial charge in [-0.25, -0.2) is 4.79 Å². The molecule has 0 fully saturated rings. The lowest BCUT2D eigenvalue weighted by atomic mass is 10.1. The first-order chi connectivity index (χ1) is 10.5. The van der Waals surface area contributed by atoms with Crippen LogP contribution in [0.15, 0.2) is 18.2 Å². The molecule has 4 N–H and O–H groups in total. The highest BCUT2D eigenvalue weighted by Crippen LogP contribution is 2.21. The molecule has 0 radical (unpaired) electrons. The van der Waals surface area contributed by atoms with Crippen LogP contribution in [0.3, 0.4) is 0 Å². The second-order valence-electron chi connectivity index (χ2n) is 6.06. The van der Waals surface area contributed by atoms with Gasteiger partial charge in [-0.3, -0.25) is 9.59 Å². The van der Waals surface area contributed by atoms with E-state index >= 15 is 0 Å². The fourth-order valence-electron chi connectivity index (χ4n) is 1.62. The Hall–Kier alpha value is -2.28. The quantitative estimate of drug-likeness (QED) is 0.674. The van der Waals surface area contributed by atoms with Gasteiger partial charge in [0.2, 0.25) is 0 Å². The molecule has 1 aromatic carbocycles. The summed E-state index contributed by atoms with van der Waals surface area (Å²) < 4.78 is 0. The first-order valence-electron chi connectivity index (χ1n) is 6.92. The second-order valence-corrected chi connectivity index (χ2v) is 6.46. The number of carbonyl (C=O) groups is 3. The van der Waals surface area contributed by atoms with Crippen molar-refractivity contribution >= 4 is 35.2 Å². The number of benzene rings is 1. The van der Waals surface area contributed by atoms with Crippen LogP contribution in [-0.4, -0.2) is 34.6 Å². The number of carboxylic acids is 1. The fraction of sp³-hybridized carbons (Fsp3) is 0.400. The number of anilines is 1. The van der Waals surface area contributed by atoms with Crippen LogP contribution in [0.5, 0.6) is 0 Å². The van der Waals surface area contributed by atoms with Crippen LogP contribution in [0.4, 0.5) is 10.5 Å². The van der Waals surface area contributed by atoms with Gasteiger partial charge in [0.05, 0.1) is 10.6 Å². The summed E-state index contributed by atoms with van der Waals surface area (Å²) in [5.41, 5.74) is 0.0331. The van der Waals surface area contributed by atoms with Gasteiger partial charge in [-0.1, -0.05) is 11.6 Å². The van der Waals surface area contributed by atoms with Gasteiger partial charge in [-0.2, -0.15) is 0 Å². The van der Waals surface area contributed by atoms with Gasteiger partial charge < -0.3 is 21.1 Å². The number of amides is 3. The Morgan fingerprint density at radius 2 is 1.83 bits per heavy atom. The lowest BCUT2D eigenvalue weighted by molar-refractivity contribution is -0.138. The molecule has 0 aliphatic heterocycles. The number of rotatable bonds is 4. The highest BCUT2D eigenvalue weighted by atomic mass is 35.5. The molecule has 126 valence electrons. The number of halogens is 1. The van der Waals surface area contributed by atoms with E-state index in [1.165, 1.54) is 19.1 Å². The number of hydrogen-bond acceptors (Lipinski definition) is 3. The molecule has 23 heavy (non-hydrogen) atoms. The Balaban J connectivity index is 2.89. The molecule has 1 aromatic rings. The summed E-state index contributed by atoms with van der Waals surface area (Å²) in [4.78, 5) is 34.7. The van der Waals surface area contributed by atoms with Gasteiger partial charge >= 0.3 is 12.0 Å². The lowest BCUT2D eigenvalue weighted by Gasteiger charge is -2.21. The van der Waals surface area contributed by atoms with Crippen molar-refractivity contribution in [1.82, 2.24) is 10.6 Å². The van der Waals surface area contributed by atoms with Gasteiger partial charge in [0, 0.05) is 11.2 Å². The molecular formula is C15H20ClN3O4. The number of carbonyl (C=O) groups excluding carboxylic acids is 2. The van der Waals surface area contributed by atoms with Crippen LogP contribution in [0.1, 0.15) is 38.1 Å². The van der Waals surface area contributed by atoms with Crippen LogP contribution < -0.4 is 16.0 Å². The Bertz CT molecular complexity index is 626. The van der Waals surface area contributed by atoms with Crippen LogP contribution in [0.2, 0.25) is 5.02 Å². The van der Waals surface area contributed by atoms with Gasteiger partial charge in [-0.05, 0) is 45.9 Å². The van der Waals surface area contributed by atoms with E-state index in [4.69, 9.17) is 16.7 Å². The molecule has 0 bridgehead atoms. The minimum atomic E-state index is -1.16. The van der Waals surface area contributed by atoms with E-state index in [1.807, 2.05) is 20.8 Å². The van der Waals surface area contributed by atoms with E-state index < -0.39 is 29.5 Å². The molecule has 1 atom stereocenters. The van der Waals surface area contributed by atoms with Crippen molar-refractivity contribution in [1.29, 1.82) is 0 Å². The van der Waals surface area contributed by atoms with E-state index in [0.717, 1.165) is 0 Å². The summed E-state index contributed by atoms with van der Waals surface area (Å²) in [6.45, 7) is 6.84. The molecule has 0 aliphatic carbocycles. The molecule has 1 rings (SSSR count). The smallest absolute Gasteiger partial charge is 0.325 e. The third-order valence-electron chi connectivity index (χ3n) is 2.68. The average molecular weight is 342 g/mol. The number of hydrogen-bond donors (Lipinski definition) is 4. The fourth-order valence-corrected chi connectivity index (χ4v) is 1.82. The van der Waals surface area contributed by atoms with E-state index in [0.29, 0.717) is 5.69 Å². The molecule has 3 amide bonds. The third-order valence-corrected chi connectivity index (χ3v) is 3.01. The largest absolute Gasteiger partial charge is 0.480 e. The van der Waals surface area contributed by atoms with Crippen molar-refractivity contribution in [2.75, 3.05) is 5.32 Å². The first-order valence-corrected chi connectivity index (χ1v) is 7.30. The first kappa shape index (κ1) is 18.8. The molecule has 0 spiro atoms. The predicted octanol–water partition coefficient (Wildman–Crippen LogP) is 2.46. The van der Waals surface area contributed by atoms with Crippen LogP contribution >= 0.6 is 11.6 Å². The molecule has 0 aliphatic rings. The lowest BCUT2D eigenvalue weighted by Crippen LogP contribution is -2.43. The molecule has 7 nitrogen and oxygen atoms in total. The maximum absolute atomic E-state index is 12.1. The summed E-state index contributed by atoms with van der Waals surface area (Å²) in [5, 5.41) is 16.6. The van der Waals surface area contributed by atoms with Crippen molar-refractivity contribution in [3.8, 4) is 0 Å². The third kappa shape index (κ3) is 6.15. The minimum absolute atomic E-state index is 0.0772. The maximum Gasteiger partial charge on any atom is 0.325 e. The second kappa shape index (κ2) is 7.32. The Labute approximate surface area is 139 Å². The number of nitrogens with one attached hydrogen (secondary N) is 3.